The van der Waals surface area contributed by atoms with E-state index in [1.165, 1.54) is 11.1 Å². The molecule has 0 unspecified atom stereocenters. The molecule has 0 saturated carbocycles. The number of rotatable bonds is 4. The third kappa shape index (κ3) is 2.15. The van der Waals surface area contributed by atoms with E-state index < -0.39 is 0 Å². The van der Waals surface area contributed by atoms with Crippen LogP contribution in [-0.4, -0.2) is 9.97 Å². The van der Waals surface area contributed by atoms with Crippen LogP contribution in [0.3, 0.4) is 0 Å². The Kier molecular flexibility index (Phi) is 2.98. The van der Waals surface area contributed by atoms with E-state index in [1.807, 2.05) is 18.3 Å². The Labute approximate surface area is 89.7 Å². The van der Waals surface area contributed by atoms with Crippen molar-refractivity contribution in [1.82, 2.24) is 9.97 Å². The van der Waals surface area contributed by atoms with Crippen LogP contribution in [0, 0.1) is 0 Å². The molecule has 0 saturated heterocycles. The van der Waals surface area contributed by atoms with E-state index in [0.717, 1.165) is 18.7 Å². The van der Waals surface area contributed by atoms with Gasteiger partial charge in [-0.25, -0.2) is 4.98 Å². The van der Waals surface area contributed by atoms with E-state index in [4.69, 9.17) is 0 Å². The number of imidazole rings is 1. The number of hydrogen-bond donors (Lipinski definition) is 1. The summed E-state index contributed by atoms with van der Waals surface area (Å²) in [5.74, 6) is 0.940. The molecule has 76 valence electrons. The van der Waals surface area contributed by atoms with E-state index in [-0.39, 0.29) is 0 Å². The fraction of sp³-hybridized carbons (Fsp3) is 0.154. The molecule has 2 nitrogen and oxygen atoms in total. The van der Waals surface area contributed by atoms with Crippen molar-refractivity contribution in [3.63, 3.8) is 0 Å². The largest absolute Gasteiger partial charge is 0.345 e. The van der Waals surface area contributed by atoms with Crippen LogP contribution in [0.4, 0.5) is 0 Å². The van der Waals surface area contributed by atoms with E-state index in [1.54, 1.807) is 6.20 Å². The predicted molar refractivity (Wildman–Crippen MR) is 62.5 cm³/mol. The third-order valence-electron chi connectivity index (χ3n) is 2.39. The van der Waals surface area contributed by atoms with E-state index >= 15 is 0 Å². The van der Waals surface area contributed by atoms with Crippen LogP contribution < -0.4 is 0 Å². The molecule has 0 spiro atoms. The van der Waals surface area contributed by atoms with Gasteiger partial charge in [0.25, 0.3) is 0 Å². The van der Waals surface area contributed by atoms with Crippen LogP contribution in [0.15, 0.2) is 49.3 Å². The van der Waals surface area contributed by atoms with Crippen molar-refractivity contribution >= 4 is 0 Å². The molecule has 0 amide bonds. The minimum absolute atomic E-state index is 0.940. The van der Waals surface area contributed by atoms with E-state index in [0.29, 0.717) is 0 Å². The lowest BCUT2D eigenvalue weighted by Gasteiger charge is -2.05. The summed E-state index contributed by atoms with van der Waals surface area (Å²) in [7, 11) is 0. The number of allylic oxidation sites excluding steroid dienone is 1. The van der Waals surface area contributed by atoms with Crippen LogP contribution in [0.25, 0.3) is 11.4 Å². The number of nitrogens with one attached hydrogen (secondary N) is 1. The molecule has 0 aliphatic rings. The standard InChI is InChI=1S/C13H14N2/c1-2-3-6-11-7-4-5-8-12(11)13-14-9-10-15-13/h2,4-5,7-10H,1,3,6H2,(H,14,15). The number of nitrogens with zero attached hydrogens (tertiary/aromatic N) is 1. The molecule has 1 aromatic carbocycles. The maximum absolute atomic E-state index is 4.27. The van der Waals surface area contributed by atoms with Crippen molar-refractivity contribution in [2.45, 2.75) is 12.8 Å². The summed E-state index contributed by atoms with van der Waals surface area (Å²) in [4.78, 5) is 7.41. The minimum Gasteiger partial charge on any atom is -0.345 e. The smallest absolute Gasteiger partial charge is 0.137 e. The zero-order chi connectivity index (χ0) is 10.5. The molecule has 0 aliphatic carbocycles. The Bertz CT molecular complexity index is 430. The van der Waals surface area contributed by atoms with Crippen molar-refractivity contribution in [2.75, 3.05) is 0 Å². The van der Waals surface area contributed by atoms with Gasteiger partial charge in [0.15, 0.2) is 0 Å². The van der Waals surface area contributed by atoms with Crippen LogP contribution in [-0.2, 0) is 6.42 Å². The number of hydrogen-bond acceptors (Lipinski definition) is 1. The van der Waals surface area contributed by atoms with Gasteiger partial charge in [0.05, 0.1) is 0 Å². The van der Waals surface area contributed by atoms with E-state index in [9.17, 15) is 0 Å². The maximum atomic E-state index is 4.27. The van der Waals surface area contributed by atoms with Crippen molar-refractivity contribution in [3.8, 4) is 11.4 Å². The molecule has 2 rings (SSSR count). The number of benzene rings is 1. The zero-order valence-corrected chi connectivity index (χ0v) is 8.61. The Morgan fingerprint density at radius 1 is 1.33 bits per heavy atom. The molecule has 0 aliphatic heterocycles. The first-order valence-corrected chi connectivity index (χ1v) is 5.10. The van der Waals surface area contributed by atoms with Crippen LogP contribution in [0.1, 0.15) is 12.0 Å². The van der Waals surface area contributed by atoms with Gasteiger partial charge < -0.3 is 4.98 Å². The molecular formula is C13H14N2. The Hall–Kier alpha value is -1.83. The first kappa shape index (κ1) is 9.71. The van der Waals surface area contributed by atoms with Crippen molar-refractivity contribution < 1.29 is 0 Å². The van der Waals surface area contributed by atoms with Crippen molar-refractivity contribution in [2.24, 2.45) is 0 Å². The lowest BCUT2D eigenvalue weighted by Crippen LogP contribution is -1.90. The monoisotopic (exact) mass is 198 g/mol. The first-order chi connectivity index (χ1) is 7.42. The van der Waals surface area contributed by atoms with Gasteiger partial charge in [-0.3, -0.25) is 0 Å². The normalized spacial score (nSPS) is 10.1. The highest BCUT2D eigenvalue weighted by atomic mass is 14.9. The lowest BCUT2D eigenvalue weighted by atomic mass is 10.0. The van der Waals surface area contributed by atoms with Gasteiger partial charge in [0, 0.05) is 18.0 Å². The molecule has 0 atom stereocenters. The Morgan fingerprint density at radius 2 is 2.20 bits per heavy atom. The highest BCUT2D eigenvalue weighted by molar-refractivity contribution is 5.60. The number of aryl methyl sites for hydroxylation is 1. The fourth-order valence-corrected chi connectivity index (χ4v) is 1.64. The van der Waals surface area contributed by atoms with Gasteiger partial charge in [-0.1, -0.05) is 30.3 Å². The second-order valence-corrected chi connectivity index (χ2v) is 3.42. The molecule has 2 heteroatoms. The van der Waals surface area contributed by atoms with Crippen LogP contribution in [0.2, 0.25) is 0 Å². The molecule has 0 radical (unpaired) electrons. The van der Waals surface area contributed by atoms with Gasteiger partial charge in [-0.2, -0.15) is 0 Å². The number of H-pyrrole nitrogens is 1. The third-order valence-corrected chi connectivity index (χ3v) is 2.39. The SMILES string of the molecule is C=CCCc1ccccc1-c1ncc[nH]1. The molecule has 1 aromatic heterocycles. The molecule has 2 aromatic rings. The highest BCUT2D eigenvalue weighted by Crippen LogP contribution is 2.20. The summed E-state index contributed by atoms with van der Waals surface area (Å²) < 4.78 is 0. The molecular weight excluding hydrogens is 184 g/mol. The maximum Gasteiger partial charge on any atom is 0.137 e. The first-order valence-electron chi connectivity index (χ1n) is 5.10. The van der Waals surface area contributed by atoms with Gasteiger partial charge in [0.1, 0.15) is 5.82 Å². The lowest BCUT2D eigenvalue weighted by molar-refractivity contribution is 1.00. The number of aromatic nitrogens is 2. The summed E-state index contributed by atoms with van der Waals surface area (Å²) in [5, 5.41) is 0. The van der Waals surface area contributed by atoms with Crippen molar-refractivity contribution in [3.05, 3.63) is 54.9 Å². The molecule has 0 fully saturated rings. The average Bonchev–Trinajstić information content (AvgIpc) is 2.80. The van der Waals surface area contributed by atoms with E-state index in [2.05, 4.69) is 34.7 Å². The number of aromatic amines is 1. The molecule has 1 heterocycles. The fourth-order valence-electron chi connectivity index (χ4n) is 1.64. The zero-order valence-electron chi connectivity index (χ0n) is 8.61. The quantitative estimate of drug-likeness (QED) is 0.751. The van der Waals surface area contributed by atoms with Gasteiger partial charge >= 0.3 is 0 Å². The van der Waals surface area contributed by atoms with Gasteiger partial charge in [-0.05, 0) is 18.4 Å². The Balaban J connectivity index is 2.34. The Morgan fingerprint density at radius 3 is 2.93 bits per heavy atom. The summed E-state index contributed by atoms with van der Waals surface area (Å²) in [6.07, 6.45) is 7.58. The summed E-state index contributed by atoms with van der Waals surface area (Å²) >= 11 is 0. The average molecular weight is 198 g/mol. The van der Waals surface area contributed by atoms with Gasteiger partial charge in [0.2, 0.25) is 0 Å². The minimum atomic E-state index is 0.940. The predicted octanol–water partition coefficient (Wildman–Crippen LogP) is 3.20. The molecule has 0 bridgehead atoms. The van der Waals surface area contributed by atoms with Gasteiger partial charge in [-0.15, -0.1) is 6.58 Å². The summed E-state index contributed by atoms with van der Waals surface area (Å²) in [5.41, 5.74) is 2.50. The van der Waals surface area contributed by atoms with Crippen LogP contribution in [0.5, 0.6) is 0 Å². The molecule has 1 N–H and O–H groups in total. The van der Waals surface area contributed by atoms with Crippen molar-refractivity contribution in [1.29, 1.82) is 0 Å². The van der Waals surface area contributed by atoms with Crippen LogP contribution >= 0.6 is 0 Å². The summed E-state index contributed by atoms with van der Waals surface area (Å²) in [6, 6.07) is 8.33. The highest BCUT2D eigenvalue weighted by Gasteiger charge is 2.04. The second-order valence-electron chi connectivity index (χ2n) is 3.42. The second kappa shape index (κ2) is 4.60. The summed E-state index contributed by atoms with van der Waals surface area (Å²) in [6.45, 7) is 3.74. The molecule has 15 heavy (non-hydrogen) atoms. The topological polar surface area (TPSA) is 28.7 Å².